The second kappa shape index (κ2) is 7.86. The van der Waals surface area contributed by atoms with Gasteiger partial charge in [-0.2, -0.15) is 14.4 Å². The summed E-state index contributed by atoms with van der Waals surface area (Å²) < 4.78 is 34.4. The Morgan fingerprint density at radius 3 is 2.66 bits per heavy atom. The molecule has 0 aliphatic rings. The van der Waals surface area contributed by atoms with Crippen molar-refractivity contribution in [2.45, 2.75) is 26.8 Å². The van der Waals surface area contributed by atoms with Crippen LogP contribution in [0.4, 0.5) is 8.78 Å². The fourth-order valence-electron chi connectivity index (χ4n) is 2.96. The highest BCUT2D eigenvalue weighted by Crippen LogP contribution is 2.27. The second-order valence-corrected chi connectivity index (χ2v) is 6.51. The molecule has 7 nitrogen and oxygen atoms in total. The van der Waals surface area contributed by atoms with Gasteiger partial charge in [-0.3, -0.25) is 4.98 Å². The summed E-state index contributed by atoms with van der Waals surface area (Å²) in [4.78, 5) is 21.1. The van der Waals surface area contributed by atoms with Crippen molar-refractivity contribution in [1.29, 1.82) is 0 Å². The second-order valence-electron chi connectivity index (χ2n) is 6.51. The number of rotatable bonds is 6. The molecule has 0 fully saturated rings. The minimum absolute atomic E-state index is 0.249. The lowest BCUT2D eigenvalue weighted by atomic mass is 10.2. The number of imidazole rings is 1. The average molecular weight is 396 g/mol. The SMILES string of the molecule is CCCOc1nc(C)c2nc(-c3cncc(F)c3)n(Cc3ccc(F)nc3)c2n1. The van der Waals surface area contributed by atoms with E-state index in [1.54, 1.807) is 10.6 Å². The zero-order valence-corrected chi connectivity index (χ0v) is 15.9. The Labute approximate surface area is 165 Å². The molecule has 148 valence electrons. The van der Waals surface area contributed by atoms with Gasteiger partial charge in [0.05, 0.1) is 25.0 Å². The molecule has 29 heavy (non-hydrogen) atoms. The maximum Gasteiger partial charge on any atom is 0.318 e. The molecule has 4 aromatic heterocycles. The Bertz CT molecular complexity index is 1160. The molecular formula is C20H18F2N6O. The van der Waals surface area contributed by atoms with E-state index in [9.17, 15) is 8.78 Å². The summed E-state index contributed by atoms with van der Waals surface area (Å²) in [6, 6.07) is 4.52. The molecule has 9 heteroatoms. The van der Waals surface area contributed by atoms with E-state index >= 15 is 0 Å². The maximum atomic E-state index is 13.8. The first-order chi connectivity index (χ1) is 14.0. The van der Waals surface area contributed by atoms with Gasteiger partial charge in [0.25, 0.3) is 0 Å². The summed E-state index contributed by atoms with van der Waals surface area (Å²) in [5, 5.41) is 0. The molecular weight excluding hydrogens is 378 g/mol. The van der Waals surface area contributed by atoms with E-state index in [1.807, 2.05) is 13.8 Å². The van der Waals surface area contributed by atoms with Crippen molar-refractivity contribution in [2.24, 2.45) is 0 Å². The molecule has 0 radical (unpaired) electrons. The van der Waals surface area contributed by atoms with Gasteiger partial charge in [-0.1, -0.05) is 13.0 Å². The molecule has 0 unspecified atom stereocenters. The molecule has 0 N–H and O–H groups in total. The molecule has 0 saturated heterocycles. The number of halogens is 2. The van der Waals surface area contributed by atoms with Crippen molar-refractivity contribution in [3.63, 3.8) is 0 Å². The lowest BCUT2D eigenvalue weighted by molar-refractivity contribution is 0.292. The number of hydrogen-bond acceptors (Lipinski definition) is 6. The van der Waals surface area contributed by atoms with E-state index in [-0.39, 0.29) is 6.01 Å². The van der Waals surface area contributed by atoms with E-state index in [4.69, 9.17) is 4.74 Å². The Morgan fingerprint density at radius 2 is 1.93 bits per heavy atom. The van der Waals surface area contributed by atoms with Crippen LogP contribution in [0.15, 0.2) is 36.8 Å². The average Bonchev–Trinajstić information content (AvgIpc) is 3.07. The van der Waals surface area contributed by atoms with Gasteiger partial charge in [-0.05, 0) is 31.0 Å². The Morgan fingerprint density at radius 1 is 1.07 bits per heavy atom. The van der Waals surface area contributed by atoms with Crippen LogP contribution in [0.2, 0.25) is 0 Å². The van der Waals surface area contributed by atoms with Crippen LogP contribution in [0.3, 0.4) is 0 Å². The zero-order chi connectivity index (χ0) is 20.4. The number of ether oxygens (including phenoxy) is 1. The highest BCUT2D eigenvalue weighted by atomic mass is 19.1. The third-order valence-electron chi connectivity index (χ3n) is 4.28. The summed E-state index contributed by atoms with van der Waals surface area (Å²) in [5.74, 6) is -0.562. The van der Waals surface area contributed by atoms with Gasteiger partial charge < -0.3 is 9.30 Å². The van der Waals surface area contributed by atoms with Crippen LogP contribution >= 0.6 is 0 Å². The Kier molecular flexibility index (Phi) is 5.11. The number of aromatic nitrogens is 6. The number of nitrogens with zero attached hydrogens (tertiary/aromatic N) is 6. The summed E-state index contributed by atoms with van der Waals surface area (Å²) in [7, 11) is 0. The first kappa shape index (κ1) is 18.9. The van der Waals surface area contributed by atoms with Crippen LogP contribution in [-0.4, -0.2) is 36.1 Å². The zero-order valence-electron chi connectivity index (χ0n) is 15.9. The van der Waals surface area contributed by atoms with Gasteiger partial charge in [-0.15, -0.1) is 0 Å². The Hall–Kier alpha value is -3.49. The summed E-state index contributed by atoms with van der Waals surface area (Å²) >= 11 is 0. The van der Waals surface area contributed by atoms with E-state index < -0.39 is 11.8 Å². The van der Waals surface area contributed by atoms with Crippen LogP contribution in [0.1, 0.15) is 24.6 Å². The van der Waals surface area contributed by atoms with Crippen molar-refractivity contribution >= 4 is 11.2 Å². The van der Waals surface area contributed by atoms with Crippen LogP contribution in [0.5, 0.6) is 6.01 Å². The third kappa shape index (κ3) is 3.89. The van der Waals surface area contributed by atoms with Crippen LogP contribution < -0.4 is 4.74 Å². The molecule has 4 aromatic rings. The molecule has 0 bridgehead atoms. The van der Waals surface area contributed by atoms with E-state index in [2.05, 4.69) is 24.9 Å². The number of hydrogen-bond donors (Lipinski definition) is 0. The summed E-state index contributed by atoms with van der Waals surface area (Å²) in [6.07, 6.45) is 4.92. The molecule has 0 amide bonds. The standard InChI is InChI=1S/C20H18F2N6O/c1-3-6-29-20-25-12(2)17-19(27-20)28(11-13-4-5-16(22)24-8-13)18(26-17)14-7-15(21)10-23-9-14/h4-5,7-10H,3,6,11H2,1-2H3. The van der Waals surface area contributed by atoms with Crippen molar-refractivity contribution in [2.75, 3.05) is 6.61 Å². The predicted octanol–water partition coefficient (Wildman–Crippen LogP) is 3.71. The molecule has 0 aliphatic carbocycles. The number of pyridine rings is 2. The quantitative estimate of drug-likeness (QED) is 0.463. The van der Waals surface area contributed by atoms with Crippen molar-refractivity contribution in [1.82, 2.24) is 29.5 Å². The summed E-state index contributed by atoms with van der Waals surface area (Å²) in [6.45, 7) is 4.60. The minimum Gasteiger partial charge on any atom is -0.463 e. The van der Waals surface area contributed by atoms with Gasteiger partial charge in [0.1, 0.15) is 17.2 Å². The molecule has 0 atom stereocenters. The topological polar surface area (TPSA) is 78.6 Å². The fraction of sp³-hybridized carbons (Fsp3) is 0.250. The molecule has 0 spiro atoms. The fourth-order valence-corrected chi connectivity index (χ4v) is 2.96. The third-order valence-corrected chi connectivity index (χ3v) is 4.28. The van der Waals surface area contributed by atoms with Gasteiger partial charge >= 0.3 is 6.01 Å². The maximum absolute atomic E-state index is 13.8. The highest BCUT2D eigenvalue weighted by molar-refractivity contribution is 5.79. The highest BCUT2D eigenvalue weighted by Gasteiger charge is 2.19. The van der Waals surface area contributed by atoms with Gasteiger partial charge in [0.2, 0.25) is 5.95 Å². The lowest BCUT2D eigenvalue weighted by Gasteiger charge is -2.10. The van der Waals surface area contributed by atoms with Crippen LogP contribution in [0.25, 0.3) is 22.6 Å². The van der Waals surface area contributed by atoms with Crippen LogP contribution in [-0.2, 0) is 6.54 Å². The van der Waals surface area contributed by atoms with Crippen LogP contribution in [0, 0.1) is 18.7 Å². The molecule has 4 rings (SSSR count). The predicted molar refractivity (Wildman–Crippen MR) is 102 cm³/mol. The Balaban J connectivity index is 1.90. The van der Waals surface area contributed by atoms with Crippen molar-refractivity contribution in [3.8, 4) is 17.4 Å². The van der Waals surface area contributed by atoms with Gasteiger partial charge in [0.15, 0.2) is 5.65 Å². The lowest BCUT2D eigenvalue weighted by Crippen LogP contribution is -2.06. The van der Waals surface area contributed by atoms with Gasteiger partial charge in [0, 0.05) is 18.0 Å². The smallest absolute Gasteiger partial charge is 0.318 e. The van der Waals surface area contributed by atoms with E-state index in [0.29, 0.717) is 41.4 Å². The monoisotopic (exact) mass is 396 g/mol. The van der Waals surface area contributed by atoms with Gasteiger partial charge in [-0.25, -0.2) is 14.4 Å². The molecule has 0 aliphatic heterocycles. The van der Waals surface area contributed by atoms with E-state index in [0.717, 1.165) is 18.2 Å². The largest absolute Gasteiger partial charge is 0.463 e. The number of fused-ring (bicyclic) bond motifs is 1. The summed E-state index contributed by atoms with van der Waals surface area (Å²) in [5.41, 5.74) is 2.98. The van der Waals surface area contributed by atoms with Crippen molar-refractivity contribution in [3.05, 3.63) is 59.8 Å². The van der Waals surface area contributed by atoms with Crippen molar-refractivity contribution < 1.29 is 13.5 Å². The first-order valence-electron chi connectivity index (χ1n) is 9.14. The first-order valence-corrected chi connectivity index (χ1v) is 9.14. The molecule has 4 heterocycles. The molecule has 0 saturated carbocycles. The molecule has 0 aromatic carbocycles. The van der Waals surface area contributed by atoms with E-state index in [1.165, 1.54) is 24.5 Å². The number of aryl methyl sites for hydroxylation is 1. The normalized spacial score (nSPS) is 11.2. The minimum atomic E-state index is -0.563.